The first-order valence-electron chi connectivity index (χ1n) is 14.6. The minimum Gasteiger partial charge on any atom is -0.478 e. The molecular weight excluding hydrogens is 620 g/mol. The molecule has 7 N–H and O–H groups in total. The molecule has 0 bridgehead atoms. The van der Waals surface area contributed by atoms with Gasteiger partial charge in [0.1, 0.15) is 25.4 Å². The number of carbonyl (C=O) groups excluding carboxylic acids is 2. The van der Waals surface area contributed by atoms with Crippen molar-refractivity contribution in [3.05, 3.63) is 60.2 Å². The lowest BCUT2D eigenvalue weighted by atomic mass is 9.89. The number of aliphatic hydroxyl groups is 4. The van der Waals surface area contributed by atoms with E-state index in [9.17, 15) is 39.9 Å². The van der Waals surface area contributed by atoms with Gasteiger partial charge in [0.15, 0.2) is 0 Å². The molecule has 0 aliphatic carbocycles. The number of rotatable bonds is 18. The summed E-state index contributed by atoms with van der Waals surface area (Å²) in [6.45, 7) is -0.717. The molecule has 6 atom stereocenters. The Labute approximate surface area is 271 Å². The van der Waals surface area contributed by atoms with Crippen molar-refractivity contribution in [2.75, 3.05) is 45.3 Å². The van der Waals surface area contributed by atoms with Crippen LogP contribution in [-0.4, -0.2) is 124 Å². The summed E-state index contributed by atoms with van der Waals surface area (Å²) < 4.78 is 16.3. The van der Waals surface area contributed by atoms with Crippen molar-refractivity contribution in [3.8, 4) is 23.5 Å². The van der Waals surface area contributed by atoms with Crippen LogP contribution >= 0.6 is 11.8 Å². The minimum atomic E-state index is -2.08. The average Bonchev–Trinajstić information content (AvgIpc) is 3.06. The Bertz CT molecular complexity index is 1310. The zero-order valence-corrected chi connectivity index (χ0v) is 25.9. The molecule has 0 unspecified atom stereocenters. The van der Waals surface area contributed by atoms with Crippen LogP contribution in [0.3, 0.4) is 0 Å². The number of thioether (sulfide) groups is 1. The number of aliphatic hydroxyl groups excluding tert-OH is 4. The highest BCUT2D eigenvalue weighted by Crippen LogP contribution is 2.40. The smallest absolute Gasteiger partial charge is 0.346 e. The van der Waals surface area contributed by atoms with Crippen molar-refractivity contribution >= 4 is 29.5 Å². The van der Waals surface area contributed by atoms with Crippen molar-refractivity contribution in [2.24, 2.45) is 0 Å². The Kier molecular flexibility index (Phi) is 14.9. The predicted octanol–water partition coefficient (Wildman–Crippen LogP) is -0.458. The van der Waals surface area contributed by atoms with Crippen LogP contribution in [0.4, 0.5) is 0 Å². The summed E-state index contributed by atoms with van der Waals surface area (Å²) in [6.07, 6.45) is -2.14. The molecule has 2 aromatic carbocycles. The van der Waals surface area contributed by atoms with E-state index >= 15 is 0 Å². The van der Waals surface area contributed by atoms with Gasteiger partial charge in [-0.15, -0.1) is 18.2 Å². The molecule has 1 aliphatic heterocycles. The van der Waals surface area contributed by atoms with Gasteiger partial charge < -0.3 is 50.4 Å². The summed E-state index contributed by atoms with van der Waals surface area (Å²) in [6, 6.07) is 15.7. The number of benzene rings is 2. The number of ether oxygens (including phenoxy) is 3. The average molecular weight is 661 g/mol. The van der Waals surface area contributed by atoms with Crippen LogP contribution in [0.25, 0.3) is 11.1 Å². The molecule has 2 amide bonds. The molecule has 1 heterocycles. The quantitative estimate of drug-likeness (QED) is 0.0802. The summed E-state index contributed by atoms with van der Waals surface area (Å²) in [4.78, 5) is 35.0. The van der Waals surface area contributed by atoms with Gasteiger partial charge in [0.05, 0.1) is 44.5 Å². The standard InChI is InChI=1S/C32H40N2O11S/c1-2-12-43-13-14-44-15-16-46-32(31(41)42)18-24(36)28(34-27(39)20-35)30(45-32)29(40)25(37)19-33-26(38)17-21-8-10-23(11-9-21)22-6-4-3-5-7-22/h1,3-11,24-25,28-30,35-37,40H,12-20H2,(H,33,38)(H,34,39)(H,41,42)/t24-,25+,28+,29+,30+,32+/m0/s1. The van der Waals surface area contributed by atoms with E-state index in [1.54, 1.807) is 12.1 Å². The SMILES string of the molecule is C#CCOCCOCCS[C@@]1(C(=O)O)C[C@H](O)[C@@H](NC(=O)CO)[C@H]([C@H](O)[C@H](O)CNC(=O)Cc2ccc(-c3ccccc3)cc2)O1. The first kappa shape index (κ1) is 36.9. The van der Waals surface area contributed by atoms with E-state index in [2.05, 4.69) is 16.6 Å². The summed E-state index contributed by atoms with van der Waals surface area (Å²) in [7, 11) is 0. The van der Waals surface area contributed by atoms with E-state index in [-0.39, 0.29) is 38.6 Å². The highest BCUT2D eigenvalue weighted by Gasteiger charge is 2.55. The van der Waals surface area contributed by atoms with Gasteiger partial charge in [0.25, 0.3) is 0 Å². The monoisotopic (exact) mass is 660 g/mol. The molecule has 0 saturated carbocycles. The molecule has 1 fully saturated rings. The molecule has 3 rings (SSSR count). The molecule has 0 radical (unpaired) electrons. The Morgan fingerprint density at radius 3 is 2.35 bits per heavy atom. The van der Waals surface area contributed by atoms with E-state index in [1.165, 1.54) is 0 Å². The van der Waals surface area contributed by atoms with E-state index in [4.69, 9.17) is 20.6 Å². The molecule has 250 valence electrons. The largest absolute Gasteiger partial charge is 0.478 e. The highest BCUT2D eigenvalue weighted by atomic mass is 32.2. The van der Waals surface area contributed by atoms with E-state index in [1.807, 2.05) is 42.5 Å². The third-order valence-corrected chi connectivity index (χ3v) is 8.43. The first-order chi connectivity index (χ1) is 22.1. The van der Waals surface area contributed by atoms with Crippen LogP contribution in [-0.2, 0) is 35.0 Å². The van der Waals surface area contributed by atoms with Crippen LogP contribution in [0.2, 0.25) is 0 Å². The second-order valence-corrected chi connectivity index (χ2v) is 11.8. The van der Waals surface area contributed by atoms with Crippen LogP contribution in [0.5, 0.6) is 0 Å². The maximum Gasteiger partial charge on any atom is 0.346 e. The molecular formula is C32H40N2O11S. The second kappa shape index (κ2) is 18.6. The molecule has 46 heavy (non-hydrogen) atoms. The van der Waals surface area contributed by atoms with Gasteiger partial charge in [-0.05, 0) is 16.7 Å². The lowest BCUT2D eigenvalue weighted by Gasteiger charge is -2.46. The molecule has 2 aromatic rings. The third kappa shape index (κ3) is 10.8. The number of carboxylic acid groups (broad SMARTS) is 1. The molecule has 0 aromatic heterocycles. The number of nitrogens with one attached hydrogen (secondary N) is 2. The number of terminal acetylenes is 1. The number of amides is 2. The second-order valence-electron chi connectivity index (χ2n) is 10.5. The molecule has 0 spiro atoms. The maximum atomic E-state index is 12.6. The molecule has 1 saturated heterocycles. The zero-order chi connectivity index (χ0) is 33.5. The van der Waals surface area contributed by atoms with Crippen molar-refractivity contribution in [1.82, 2.24) is 10.6 Å². The van der Waals surface area contributed by atoms with Gasteiger partial charge in [-0.3, -0.25) is 9.59 Å². The summed E-state index contributed by atoms with van der Waals surface area (Å²) >= 11 is 0.799. The Morgan fingerprint density at radius 1 is 1.02 bits per heavy atom. The summed E-state index contributed by atoms with van der Waals surface area (Å²) in [5, 5.41) is 57.0. The third-order valence-electron chi connectivity index (χ3n) is 7.16. The van der Waals surface area contributed by atoms with Crippen LogP contribution in [0, 0.1) is 12.3 Å². The Morgan fingerprint density at radius 2 is 1.70 bits per heavy atom. The zero-order valence-electron chi connectivity index (χ0n) is 25.1. The van der Waals surface area contributed by atoms with E-state index < -0.39 is 72.7 Å². The van der Waals surface area contributed by atoms with Crippen LogP contribution in [0.15, 0.2) is 54.6 Å². The van der Waals surface area contributed by atoms with Gasteiger partial charge in [0.2, 0.25) is 16.7 Å². The van der Waals surface area contributed by atoms with Crippen molar-refractivity contribution in [2.45, 2.75) is 48.2 Å². The predicted molar refractivity (Wildman–Crippen MR) is 168 cm³/mol. The number of carboxylic acids is 1. The van der Waals surface area contributed by atoms with E-state index in [0.717, 1.165) is 22.9 Å². The van der Waals surface area contributed by atoms with Gasteiger partial charge in [0, 0.05) is 18.7 Å². The molecule has 14 heteroatoms. The topological polar surface area (TPSA) is 204 Å². The normalized spacial score (nSPS) is 22.3. The van der Waals surface area contributed by atoms with Crippen molar-refractivity contribution in [1.29, 1.82) is 0 Å². The fourth-order valence-electron chi connectivity index (χ4n) is 4.82. The number of carbonyl (C=O) groups is 3. The molecule has 13 nitrogen and oxygen atoms in total. The molecule has 1 aliphatic rings. The van der Waals surface area contributed by atoms with Crippen molar-refractivity contribution in [3.63, 3.8) is 0 Å². The number of hydrogen-bond acceptors (Lipinski definition) is 11. The van der Waals surface area contributed by atoms with Gasteiger partial charge in [-0.1, -0.05) is 60.5 Å². The Hall–Kier alpha value is -3.52. The number of aliphatic carboxylic acids is 1. The maximum absolute atomic E-state index is 12.6. The van der Waals surface area contributed by atoms with Crippen LogP contribution in [0.1, 0.15) is 12.0 Å². The first-order valence-corrected chi connectivity index (χ1v) is 15.6. The lowest BCUT2D eigenvalue weighted by Crippen LogP contribution is -2.67. The van der Waals surface area contributed by atoms with E-state index in [0.29, 0.717) is 5.56 Å². The van der Waals surface area contributed by atoms with Gasteiger partial charge >= 0.3 is 5.97 Å². The van der Waals surface area contributed by atoms with Crippen molar-refractivity contribution < 1.29 is 54.1 Å². The Balaban J connectivity index is 1.62. The van der Waals surface area contributed by atoms with Crippen LogP contribution < -0.4 is 10.6 Å². The minimum absolute atomic E-state index is 0.0113. The lowest BCUT2D eigenvalue weighted by molar-refractivity contribution is -0.203. The van der Waals surface area contributed by atoms with Gasteiger partial charge in [-0.2, -0.15) is 0 Å². The van der Waals surface area contributed by atoms with Gasteiger partial charge in [-0.25, -0.2) is 4.79 Å². The fraction of sp³-hybridized carbons (Fsp3) is 0.469. The number of hydrogen-bond donors (Lipinski definition) is 7. The summed E-state index contributed by atoms with van der Waals surface area (Å²) in [5.41, 5.74) is 2.72. The fourth-order valence-corrected chi connectivity index (χ4v) is 5.94. The highest BCUT2D eigenvalue weighted by molar-refractivity contribution is 8.01. The summed E-state index contributed by atoms with van der Waals surface area (Å²) in [5.74, 6) is -0.400.